The fourth-order valence-electron chi connectivity index (χ4n) is 2.80. The topological polar surface area (TPSA) is 87.7 Å². The molecule has 2 heterocycles. The van der Waals surface area contributed by atoms with Crippen molar-refractivity contribution in [2.45, 2.75) is 12.2 Å². The van der Waals surface area contributed by atoms with Crippen molar-refractivity contribution in [3.8, 4) is 5.75 Å². The van der Waals surface area contributed by atoms with Crippen LogP contribution in [0.3, 0.4) is 0 Å². The number of fused-ring (bicyclic) bond motifs is 2. The van der Waals surface area contributed by atoms with Crippen molar-refractivity contribution in [2.75, 3.05) is 12.4 Å². The lowest BCUT2D eigenvalue weighted by Crippen LogP contribution is -2.45. The highest BCUT2D eigenvalue weighted by molar-refractivity contribution is 5.96. The van der Waals surface area contributed by atoms with Crippen LogP contribution in [0.2, 0.25) is 0 Å². The van der Waals surface area contributed by atoms with E-state index in [9.17, 15) is 14.7 Å². The Kier molecular flexibility index (Phi) is 3.39. The average molecular weight is 288 g/mol. The van der Waals surface area contributed by atoms with E-state index in [1.165, 1.54) is 0 Å². The Bertz CT molecular complexity index is 595. The molecule has 4 atom stereocenters. The zero-order valence-corrected chi connectivity index (χ0v) is 11.3. The molecule has 6 heteroatoms. The first-order valence-corrected chi connectivity index (χ1v) is 6.59. The van der Waals surface area contributed by atoms with Crippen LogP contribution >= 0.6 is 0 Å². The number of ether oxygens (including phenoxy) is 2. The van der Waals surface area contributed by atoms with E-state index in [4.69, 9.17) is 9.47 Å². The standard InChI is InChI=1S/C15H15NO5/c1-20-9-4-2-8(3-5-9)16-14(17)12-10-6-7-11(21-10)13(12)15(18)19/h2-7,10-13H,1H3,(H,16,17)(H,18,19)/p-1/t10-,11+,12-,13+/m1/s1. The predicted molar refractivity (Wildman–Crippen MR) is 71.4 cm³/mol. The van der Waals surface area contributed by atoms with Gasteiger partial charge in [-0.1, -0.05) is 12.2 Å². The summed E-state index contributed by atoms with van der Waals surface area (Å²) in [7, 11) is 1.55. The minimum atomic E-state index is -1.26. The van der Waals surface area contributed by atoms with Crippen molar-refractivity contribution in [2.24, 2.45) is 11.8 Å². The molecule has 21 heavy (non-hydrogen) atoms. The summed E-state index contributed by atoms with van der Waals surface area (Å²) in [5.74, 6) is -2.69. The number of carboxylic acids is 1. The summed E-state index contributed by atoms with van der Waals surface area (Å²) in [5.41, 5.74) is 0.574. The van der Waals surface area contributed by atoms with Gasteiger partial charge in [0.15, 0.2) is 0 Å². The molecule has 0 spiro atoms. The van der Waals surface area contributed by atoms with E-state index in [1.54, 1.807) is 43.5 Å². The van der Waals surface area contributed by atoms with Gasteiger partial charge in [-0.15, -0.1) is 0 Å². The van der Waals surface area contributed by atoms with E-state index in [0.29, 0.717) is 11.4 Å². The summed E-state index contributed by atoms with van der Waals surface area (Å²) in [6, 6.07) is 6.80. The number of nitrogens with one attached hydrogen (secondary N) is 1. The molecule has 3 rings (SSSR count). The van der Waals surface area contributed by atoms with Gasteiger partial charge in [-0.05, 0) is 24.3 Å². The lowest BCUT2D eigenvalue weighted by molar-refractivity contribution is -0.313. The van der Waals surface area contributed by atoms with Crippen molar-refractivity contribution < 1.29 is 24.2 Å². The monoisotopic (exact) mass is 288 g/mol. The second kappa shape index (κ2) is 5.21. The number of rotatable bonds is 4. The quantitative estimate of drug-likeness (QED) is 0.785. The van der Waals surface area contributed by atoms with E-state index in [1.807, 2.05) is 0 Å². The molecule has 1 aromatic carbocycles. The van der Waals surface area contributed by atoms with Gasteiger partial charge in [-0.25, -0.2) is 0 Å². The summed E-state index contributed by atoms with van der Waals surface area (Å²) < 4.78 is 10.5. The Balaban J connectivity index is 1.75. The fourth-order valence-corrected chi connectivity index (χ4v) is 2.80. The van der Waals surface area contributed by atoms with Gasteiger partial charge in [0.05, 0.1) is 25.2 Å². The minimum absolute atomic E-state index is 0.383. The second-order valence-corrected chi connectivity index (χ2v) is 5.04. The lowest BCUT2D eigenvalue weighted by Gasteiger charge is -2.24. The molecule has 0 radical (unpaired) electrons. The first-order valence-electron chi connectivity index (χ1n) is 6.59. The van der Waals surface area contributed by atoms with E-state index in [-0.39, 0.29) is 5.91 Å². The molecule has 0 aromatic heterocycles. The largest absolute Gasteiger partial charge is 0.550 e. The van der Waals surface area contributed by atoms with E-state index < -0.39 is 30.0 Å². The van der Waals surface area contributed by atoms with E-state index >= 15 is 0 Å². The summed E-state index contributed by atoms with van der Waals surface area (Å²) in [5, 5.41) is 13.9. The molecule has 1 fully saturated rings. The Morgan fingerprint density at radius 1 is 1.14 bits per heavy atom. The van der Waals surface area contributed by atoms with Gasteiger partial charge in [0.2, 0.25) is 5.91 Å². The highest BCUT2D eigenvalue weighted by Crippen LogP contribution is 2.39. The number of aliphatic carboxylic acids is 1. The zero-order valence-electron chi connectivity index (χ0n) is 11.3. The molecule has 1 N–H and O–H groups in total. The van der Waals surface area contributed by atoms with Gasteiger partial charge < -0.3 is 24.7 Å². The molecule has 1 aromatic rings. The summed E-state index contributed by atoms with van der Waals surface area (Å²) in [4.78, 5) is 23.5. The van der Waals surface area contributed by atoms with Crippen LogP contribution in [-0.4, -0.2) is 31.2 Å². The summed E-state index contributed by atoms with van der Waals surface area (Å²) in [6.07, 6.45) is 2.31. The molecule has 110 valence electrons. The third kappa shape index (κ3) is 2.38. The molecular weight excluding hydrogens is 274 g/mol. The molecule has 2 aliphatic heterocycles. The highest BCUT2D eigenvalue weighted by Gasteiger charge is 2.50. The van der Waals surface area contributed by atoms with Crippen LogP contribution < -0.4 is 15.2 Å². The summed E-state index contributed by atoms with van der Waals surface area (Å²) >= 11 is 0. The van der Waals surface area contributed by atoms with Crippen molar-refractivity contribution in [1.29, 1.82) is 0 Å². The Labute approximate surface area is 121 Å². The molecular formula is C15H14NO5-. The maximum atomic E-state index is 12.3. The maximum absolute atomic E-state index is 12.3. The molecule has 1 saturated heterocycles. The van der Waals surface area contributed by atoms with Gasteiger partial charge >= 0.3 is 0 Å². The third-order valence-electron chi connectivity index (χ3n) is 3.83. The molecule has 2 aliphatic rings. The zero-order chi connectivity index (χ0) is 15.0. The molecule has 0 saturated carbocycles. The van der Waals surface area contributed by atoms with E-state index in [0.717, 1.165) is 0 Å². The maximum Gasteiger partial charge on any atom is 0.231 e. The second-order valence-electron chi connectivity index (χ2n) is 5.04. The smallest absolute Gasteiger partial charge is 0.231 e. The molecule has 0 unspecified atom stereocenters. The first kappa shape index (κ1) is 13.6. The number of amides is 1. The predicted octanol–water partition coefficient (Wildman–Crippen LogP) is -0.0468. The molecule has 0 aliphatic carbocycles. The average Bonchev–Trinajstić information content (AvgIpc) is 3.08. The van der Waals surface area contributed by atoms with Gasteiger partial charge in [0, 0.05) is 17.6 Å². The number of carboxylic acid groups (broad SMARTS) is 1. The van der Waals surface area contributed by atoms with Gasteiger partial charge in [0.25, 0.3) is 0 Å². The third-order valence-corrected chi connectivity index (χ3v) is 3.83. The number of hydrogen-bond donors (Lipinski definition) is 1. The van der Waals surface area contributed by atoms with Crippen molar-refractivity contribution in [3.63, 3.8) is 0 Å². The van der Waals surface area contributed by atoms with Crippen LogP contribution in [-0.2, 0) is 14.3 Å². The Hall–Kier alpha value is -2.34. The van der Waals surface area contributed by atoms with Gasteiger partial charge in [-0.3, -0.25) is 4.79 Å². The van der Waals surface area contributed by atoms with Crippen LogP contribution in [0.5, 0.6) is 5.75 Å². The molecule has 1 amide bonds. The van der Waals surface area contributed by atoms with Crippen LogP contribution in [0, 0.1) is 11.8 Å². The Morgan fingerprint density at radius 3 is 2.33 bits per heavy atom. The van der Waals surface area contributed by atoms with Gasteiger partial charge in [0.1, 0.15) is 5.75 Å². The van der Waals surface area contributed by atoms with Crippen molar-refractivity contribution in [3.05, 3.63) is 36.4 Å². The summed E-state index contributed by atoms with van der Waals surface area (Å²) in [6.45, 7) is 0. The van der Waals surface area contributed by atoms with Crippen molar-refractivity contribution in [1.82, 2.24) is 0 Å². The van der Waals surface area contributed by atoms with Crippen LogP contribution in [0.15, 0.2) is 36.4 Å². The number of methoxy groups -OCH3 is 1. The molecule has 2 bridgehead atoms. The molecule has 6 nitrogen and oxygen atoms in total. The SMILES string of the molecule is COc1ccc(NC(=O)[C@H]2[C@@H](C(=O)[O-])[C@@H]3C=C[C@H]2O3)cc1. The van der Waals surface area contributed by atoms with E-state index in [2.05, 4.69) is 5.32 Å². The van der Waals surface area contributed by atoms with Crippen LogP contribution in [0.25, 0.3) is 0 Å². The van der Waals surface area contributed by atoms with Crippen LogP contribution in [0.1, 0.15) is 0 Å². The fraction of sp³-hybridized carbons (Fsp3) is 0.333. The minimum Gasteiger partial charge on any atom is -0.550 e. The van der Waals surface area contributed by atoms with Crippen molar-refractivity contribution >= 4 is 17.6 Å². The number of hydrogen-bond acceptors (Lipinski definition) is 5. The van der Waals surface area contributed by atoms with Crippen LogP contribution in [0.4, 0.5) is 5.69 Å². The number of carbonyl (C=O) groups is 2. The Morgan fingerprint density at radius 2 is 1.76 bits per heavy atom. The lowest BCUT2D eigenvalue weighted by atomic mass is 9.82. The number of anilines is 1. The number of carbonyl (C=O) groups excluding carboxylic acids is 2. The first-order chi connectivity index (χ1) is 10.1. The highest BCUT2D eigenvalue weighted by atomic mass is 16.5. The number of benzene rings is 1. The normalized spacial score (nSPS) is 29.4. The van der Waals surface area contributed by atoms with Gasteiger partial charge in [-0.2, -0.15) is 0 Å².